The number of carbonyl (C=O) groups is 2. The molecule has 2 amide bonds. The largest absolute Gasteiger partial charge is 0.481 e. The van der Waals surface area contributed by atoms with Crippen molar-refractivity contribution in [3.05, 3.63) is 29.3 Å². The van der Waals surface area contributed by atoms with Crippen molar-refractivity contribution in [3.8, 4) is 5.75 Å². The maximum Gasteiger partial charge on any atom is 0.260 e. The van der Waals surface area contributed by atoms with Crippen molar-refractivity contribution >= 4 is 23.4 Å². The van der Waals surface area contributed by atoms with E-state index in [1.165, 1.54) is 0 Å². The first kappa shape index (κ1) is 19.6. The highest BCUT2D eigenvalue weighted by atomic mass is 35.5. The Morgan fingerprint density at radius 2 is 1.80 bits per heavy atom. The number of benzene rings is 1. The Bertz CT molecular complexity index is 581. The van der Waals surface area contributed by atoms with Gasteiger partial charge in [0.25, 0.3) is 5.91 Å². The van der Waals surface area contributed by atoms with Crippen molar-refractivity contribution in [2.24, 2.45) is 5.92 Å². The summed E-state index contributed by atoms with van der Waals surface area (Å²) in [6.07, 6.45) is 1.57. The summed E-state index contributed by atoms with van der Waals surface area (Å²) < 4.78 is 5.64. The molecule has 5 nitrogen and oxygen atoms in total. The van der Waals surface area contributed by atoms with Crippen LogP contribution in [0.1, 0.15) is 40.0 Å². The fourth-order valence-corrected chi connectivity index (χ4v) is 2.97. The van der Waals surface area contributed by atoms with Gasteiger partial charge in [0.15, 0.2) is 6.10 Å². The summed E-state index contributed by atoms with van der Waals surface area (Å²) in [6.45, 7) is 7.22. The molecule has 0 saturated carbocycles. The van der Waals surface area contributed by atoms with Crippen LogP contribution in [0.15, 0.2) is 24.3 Å². The van der Waals surface area contributed by atoms with Crippen LogP contribution in [-0.2, 0) is 9.59 Å². The number of nitrogens with one attached hydrogen (secondary N) is 1. The molecule has 25 heavy (non-hydrogen) atoms. The highest BCUT2D eigenvalue weighted by Crippen LogP contribution is 2.17. The van der Waals surface area contributed by atoms with E-state index in [4.69, 9.17) is 16.3 Å². The third-order valence-electron chi connectivity index (χ3n) is 4.27. The predicted molar refractivity (Wildman–Crippen MR) is 98.7 cm³/mol. The van der Waals surface area contributed by atoms with E-state index in [2.05, 4.69) is 5.32 Å². The Balaban J connectivity index is 1.76. The molecule has 1 aromatic carbocycles. The number of rotatable bonds is 6. The zero-order valence-corrected chi connectivity index (χ0v) is 15.9. The van der Waals surface area contributed by atoms with Crippen molar-refractivity contribution in [2.75, 3.05) is 13.1 Å². The van der Waals surface area contributed by atoms with Crippen molar-refractivity contribution in [3.63, 3.8) is 0 Å². The van der Waals surface area contributed by atoms with Crippen molar-refractivity contribution in [1.29, 1.82) is 0 Å². The van der Waals surface area contributed by atoms with Crippen LogP contribution in [0.3, 0.4) is 0 Å². The van der Waals surface area contributed by atoms with Crippen molar-refractivity contribution in [2.45, 2.75) is 52.2 Å². The monoisotopic (exact) mass is 366 g/mol. The lowest BCUT2D eigenvalue weighted by molar-refractivity contribution is -0.133. The first-order valence-corrected chi connectivity index (χ1v) is 9.23. The lowest BCUT2D eigenvalue weighted by Crippen LogP contribution is -2.49. The summed E-state index contributed by atoms with van der Waals surface area (Å²) >= 11 is 5.84. The van der Waals surface area contributed by atoms with E-state index in [0.29, 0.717) is 36.2 Å². The Kier molecular flexibility index (Phi) is 7.12. The number of ether oxygens (including phenoxy) is 1. The molecule has 0 aliphatic carbocycles. The van der Waals surface area contributed by atoms with E-state index in [9.17, 15) is 9.59 Å². The molecule has 1 fully saturated rings. The number of halogens is 1. The maximum atomic E-state index is 12.3. The minimum Gasteiger partial charge on any atom is -0.481 e. The van der Waals surface area contributed by atoms with Crippen LogP contribution in [-0.4, -0.2) is 41.9 Å². The van der Waals surface area contributed by atoms with Gasteiger partial charge < -0.3 is 15.0 Å². The Labute approximate surface area is 154 Å². The van der Waals surface area contributed by atoms with Crippen LogP contribution in [0.5, 0.6) is 5.75 Å². The lowest BCUT2D eigenvalue weighted by atomic mass is 10.0. The number of hydrogen-bond donors (Lipinski definition) is 1. The Morgan fingerprint density at radius 1 is 1.20 bits per heavy atom. The smallest absolute Gasteiger partial charge is 0.260 e. The molecule has 0 bridgehead atoms. The van der Waals surface area contributed by atoms with Crippen LogP contribution >= 0.6 is 11.6 Å². The molecule has 6 heteroatoms. The quantitative estimate of drug-likeness (QED) is 0.840. The van der Waals surface area contributed by atoms with Gasteiger partial charge in [-0.1, -0.05) is 25.4 Å². The molecule has 0 aromatic heterocycles. The number of likely N-dealkylation sites (tertiary alicyclic amines) is 1. The standard InChI is InChI=1S/C19H27ClN2O3/c1-13(2)12-18(23)22-10-8-16(9-11-22)21-19(24)14(3)25-17-6-4-15(20)5-7-17/h4-7,13-14,16H,8-12H2,1-3H3,(H,21,24). The summed E-state index contributed by atoms with van der Waals surface area (Å²) in [5.41, 5.74) is 0. The second kappa shape index (κ2) is 9.09. The topological polar surface area (TPSA) is 58.6 Å². The third kappa shape index (κ3) is 6.24. The second-order valence-corrected chi connectivity index (χ2v) is 7.41. The van der Waals surface area contributed by atoms with Gasteiger partial charge in [0.2, 0.25) is 5.91 Å². The molecule has 2 rings (SSSR count). The van der Waals surface area contributed by atoms with Gasteiger partial charge in [-0.25, -0.2) is 0 Å². The molecule has 1 aliphatic rings. The number of piperidine rings is 1. The highest BCUT2D eigenvalue weighted by molar-refractivity contribution is 6.30. The maximum absolute atomic E-state index is 12.3. The SMILES string of the molecule is CC(C)CC(=O)N1CCC(NC(=O)C(C)Oc2ccc(Cl)cc2)CC1. The first-order valence-electron chi connectivity index (χ1n) is 8.85. The van der Waals surface area contributed by atoms with Gasteiger partial charge in [-0.2, -0.15) is 0 Å². The number of nitrogens with zero attached hydrogens (tertiary/aromatic N) is 1. The average molecular weight is 367 g/mol. The van der Waals surface area contributed by atoms with E-state index in [-0.39, 0.29) is 17.9 Å². The van der Waals surface area contributed by atoms with Crippen LogP contribution in [0, 0.1) is 5.92 Å². The molecule has 1 saturated heterocycles. The van der Waals surface area contributed by atoms with Gasteiger partial charge >= 0.3 is 0 Å². The summed E-state index contributed by atoms with van der Waals surface area (Å²) in [7, 11) is 0. The van der Waals surface area contributed by atoms with Gasteiger partial charge in [-0.05, 0) is 49.9 Å². The van der Waals surface area contributed by atoms with Crippen LogP contribution < -0.4 is 10.1 Å². The Morgan fingerprint density at radius 3 is 2.36 bits per heavy atom. The Hall–Kier alpha value is -1.75. The minimum atomic E-state index is -0.582. The molecular formula is C19H27ClN2O3. The van der Waals surface area contributed by atoms with E-state index in [1.54, 1.807) is 31.2 Å². The van der Waals surface area contributed by atoms with Gasteiger partial charge in [0.05, 0.1) is 0 Å². The van der Waals surface area contributed by atoms with Gasteiger partial charge in [-0.3, -0.25) is 9.59 Å². The summed E-state index contributed by atoms with van der Waals surface area (Å²) in [4.78, 5) is 26.3. The molecule has 1 aromatic rings. The van der Waals surface area contributed by atoms with Gasteiger partial charge in [-0.15, -0.1) is 0 Å². The fraction of sp³-hybridized carbons (Fsp3) is 0.579. The third-order valence-corrected chi connectivity index (χ3v) is 4.52. The van der Waals surface area contributed by atoms with Gasteiger partial charge in [0.1, 0.15) is 5.75 Å². The lowest BCUT2D eigenvalue weighted by Gasteiger charge is -2.33. The number of carbonyl (C=O) groups excluding carboxylic acids is 2. The molecule has 1 N–H and O–H groups in total. The van der Waals surface area contributed by atoms with Gasteiger partial charge in [0, 0.05) is 30.6 Å². The molecule has 0 spiro atoms. The van der Waals surface area contributed by atoms with E-state index in [1.807, 2.05) is 18.7 Å². The normalized spacial score (nSPS) is 16.6. The second-order valence-electron chi connectivity index (χ2n) is 6.98. The summed E-state index contributed by atoms with van der Waals surface area (Å²) in [5.74, 6) is 1.05. The molecule has 1 atom stereocenters. The fourth-order valence-electron chi connectivity index (χ4n) is 2.84. The molecular weight excluding hydrogens is 340 g/mol. The van der Waals surface area contributed by atoms with E-state index >= 15 is 0 Å². The zero-order chi connectivity index (χ0) is 18.4. The molecule has 1 heterocycles. The average Bonchev–Trinajstić information content (AvgIpc) is 2.57. The summed E-state index contributed by atoms with van der Waals surface area (Å²) in [6, 6.07) is 7.03. The van der Waals surface area contributed by atoms with E-state index < -0.39 is 6.10 Å². The number of amides is 2. The molecule has 0 radical (unpaired) electrons. The number of hydrogen-bond acceptors (Lipinski definition) is 3. The van der Waals surface area contributed by atoms with Crippen LogP contribution in [0.2, 0.25) is 5.02 Å². The molecule has 1 aliphatic heterocycles. The van der Waals surface area contributed by atoms with Crippen molar-refractivity contribution < 1.29 is 14.3 Å². The summed E-state index contributed by atoms with van der Waals surface area (Å²) in [5, 5.41) is 3.65. The first-order chi connectivity index (χ1) is 11.8. The molecule has 1 unspecified atom stereocenters. The minimum absolute atomic E-state index is 0.0897. The van der Waals surface area contributed by atoms with Crippen LogP contribution in [0.25, 0.3) is 0 Å². The highest BCUT2D eigenvalue weighted by Gasteiger charge is 2.25. The zero-order valence-electron chi connectivity index (χ0n) is 15.1. The molecule has 138 valence electrons. The van der Waals surface area contributed by atoms with Crippen LogP contribution in [0.4, 0.5) is 0 Å². The predicted octanol–water partition coefficient (Wildman–Crippen LogP) is 3.26. The van der Waals surface area contributed by atoms with Crippen molar-refractivity contribution in [1.82, 2.24) is 10.2 Å². The van der Waals surface area contributed by atoms with E-state index in [0.717, 1.165) is 12.8 Å².